The number of hydrazone groups is 1. The second-order valence-corrected chi connectivity index (χ2v) is 6.62. The third-order valence-corrected chi connectivity index (χ3v) is 4.65. The largest absolute Gasteiger partial charge is 0.486 e. The Hall–Kier alpha value is -3.13. The van der Waals surface area contributed by atoms with Crippen LogP contribution in [0, 0.1) is 12.3 Å². The number of nitrogens with one attached hydrogen (secondary N) is 1. The van der Waals surface area contributed by atoms with Gasteiger partial charge in [-0.1, -0.05) is 18.2 Å². The summed E-state index contributed by atoms with van der Waals surface area (Å²) in [5, 5.41) is 15.0. The van der Waals surface area contributed by atoms with Gasteiger partial charge in [0.25, 0.3) is 5.91 Å². The van der Waals surface area contributed by atoms with Crippen molar-refractivity contribution in [2.75, 3.05) is 6.61 Å². The number of carbonyl (C=O) groups is 1. The van der Waals surface area contributed by atoms with Gasteiger partial charge in [0.05, 0.1) is 11.8 Å². The molecule has 26 heavy (non-hydrogen) atoms. The lowest BCUT2D eigenvalue weighted by atomic mass is 10.1. The number of rotatable bonds is 4. The molecule has 2 aliphatic heterocycles. The predicted molar refractivity (Wildman–Crippen MR) is 100 cm³/mol. The summed E-state index contributed by atoms with van der Waals surface area (Å²) in [6, 6.07) is 11.1. The molecule has 0 saturated heterocycles. The summed E-state index contributed by atoms with van der Waals surface area (Å²) in [6.45, 7) is 2.20. The molecule has 1 amide bonds. The van der Waals surface area contributed by atoms with Crippen LogP contribution in [0.25, 0.3) is 6.08 Å². The van der Waals surface area contributed by atoms with Gasteiger partial charge in [0.2, 0.25) is 5.17 Å². The van der Waals surface area contributed by atoms with Crippen LogP contribution in [0.3, 0.4) is 0 Å². The lowest BCUT2D eigenvalue weighted by molar-refractivity contribution is -0.114. The smallest absolute Gasteiger partial charge is 0.283 e. The standard InChI is InChI=1S/C18H14N4O3S/c1-11-5-2-3-7-14(11)25-10-15-21-22-16(19)13(9-12-6-4-8-24-12)17(23)20-18(22)26-15/h2-9,19H,10H2,1H3. The first-order chi connectivity index (χ1) is 12.6. The minimum atomic E-state index is -0.485. The molecule has 0 fully saturated rings. The zero-order valence-corrected chi connectivity index (χ0v) is 14.6. The fourth-order valence-corrected chi connectivity index (χ4v) is 3.26. The van der Waals surface area contributed by atoms with Gasteiger partial charge in [-0.2, -0.15) is 15.1 Å². The van der Waals surface area contributed by atoms with E-state index in [2.05, 4.69) is 10.1 Å². The summed E-state index contributed by atoms with van der Waals surface area (Å²) >= 11 is 1.23. The Labute approximate surface area is 153 Å². The van der Waals surface area contributed by atoms with Crippen molar-refractivity contribution in [2.45, 2.75) is 6.92 Å². The van der Waals surface area contributed by atoms with Crippen LogP contribution in [0.1, 0.15) is 11.3 Å². The van der Waals surface area contributed by atoms with Gasteiger partial charge in [-0.25, -0.2) is 0 Å². The van der Waals surface area contributed by atoms with E-state index in [1.165, 1.54) is 29.1 Å². The zero-order chi connectivity index (χ0) is 18.1. The SMILES string of the molecule is Cc1ccccc1OCC1=NN2C(=N)C(=Cc3ccco3)C(=O)N=C2S1. The van der Waals surface area contributed by atoms with Crippen LogP contribution in [-0.4, -0.2) is 33.6 Å². The fraction of sp³-hybridized carbons (Fsp3) is 0.111. The average molecular weight is 366 g/mol. The molecule has 130 valence electrons. The van der Waals surface area contributed by atoms with Crippen LogP contribution in [0.4, 0.5) is 0 Å². The summed E-state index contributed by atoms with van der Waals surface area (Å²) in [7, 11) is 0. The highest BCUT2D eigenvalue weighted by atomic mass is 32.2. The Morgan fingerprint density at radius 2 is 2.15 bits per heavy atom. The maximum absolute atomic E-state index is 12.2. The number of amides is 1. The number of para-hydroxylation sites is 1. The van der Waals surface area contributed by atoms with E-state index in [0.717, 1.165) is 11.3 Å². The number of amidine groups is 2. The molecule has 0 radical (unpaired) electrons. The van der Waals surface area contributed by atoms with Crippen molar-refractivity contribution in [1.82, 2.24) is 5.01 Å². The number of aryl methyl sites for hydroxylation is 1. The lowest BCUT2D eigenvalue weighted by Gasteiger charge is -2.19. The number of nitrogens with zero attached hydrogens (tertiary/aromatic N) is 3. The molecule has 7 nitrogen and oxygen atoms in total. The summed E-state index contributed by atoms with van der Waals surface area (Å²) < 4.78 is 11.0. The molecule has 0 saturated carbocycles. The fourth-order valence-electron chi connectivity index (χ4n) is 2.46. The van der Waals surface area contributed by atoms with Crippen LogP contribution in [0.5, 0.6) is 5.75 Å². The Kier molecular flexibility index (Phi) is 4.18. The van der Waals surface area contributed by atoms with Gasteiger partial charge >= 0.3 is 0 Å². The Morgan fingerprint density at radius 3 is 2.92 bits per heavy atom. The van der Waals surface area contributed by atoms with Gasteiger partial charge in [0.1, 0.15) is 23.2 Å². The molecule has 2 aliphatic rings. The van der Waals surface area contributed by atoms with Crippen molar-refractivity contribution in [1.29, 1.82) is 5.41 Å². The number of hydrogen-bond acceptors (Lipinski definition) is 6. The summed E-state index contributed by atoms with van der Waals surface area (Å²) in [5.41, 5.74) is 1.16. The van der Waals surface area contributed by atoms with Gasteiger partial charge in [-0.3, -0.25) is 10.2 Å². The molecule has 3 heterocycles. The number of aliphatic imine (C=N–C) groups is 1. The molecule has 0 aliphatic carbocycles. The molecular weight excluding hydrogens is 352 g/mol. The number of fused-ring (bicyclic) bond motifs is 1. The van der Waals surface area contributed by atoms with Gasteiger partial charge in [0.15, 0.2) is 5.84 Å². The Balaban J connectivity index is 1.53. The molecule has 1 aromatic carbocycles. The molecule has 4 rings (SSSR count). The second-order valence-electron chi connectivity index (χ2n) is 5.58. The summed E-state index contributed by atoms with van der Waals surface area (Å²) in [6.07, 6.45) is 3.00. The van der Waals surface area contributed by atoms with Crippen molar-refractivity contribution in [3.05, 3.63) is 59.6 Å². The highest BCUT2D eigenvalue weighted by Crippen LogP contribution is 2.29. The molecular formula is C18H14N4O3S. The molecule has 1 aromatic heterocycles. The predicted octanol–water partition coefficient (Wildman–Crippen LogP) is 3.29. The maximum atomic E-state index is 12.2. The van der Waals surface area contributed by atoms with Crippen molar-refractivity contribution in [3.63, 3.8) is 0 Å². The number of ether oxygens (including phenoxy) is 1. The lowest BCUT2D eigenvalue weighted by Crippen LogP contribution is -2.35. The van der Waals surface area contributed by atoms with Crippen LogP contribution >= 0.6 is 11.8 Å². The number of thioether (sulfide) groups is 1. The van der Waals surface area contributed by atoms with Crippen LogP contribution in [0.2, 0.25) is 0 Å². The van der Waals surface area contributed by atoms with Gasteiger partial charge < -0.3 is 9.15 Å². The quantitative estimate of drug-likeness (QED) is 0.839. The van der Waals surface area contributed by atoms with Gasteiger partial charge in [-0.05, 0) is 48.5 Å². The molecule has 2 aromatic rings. The van der Waals surface area contributed by atoms with Crippen molar-refractivity contribution >= 4 is 39.8 Å². The van der Waals surface area contributed by atoms with E-state index in [4.69, 9.17) is 14.6 Å². The zero-order valence-electron chi connectivity index (χ0n) is 13.8. The number of furan rings is 1. The van der Waals surface area contributed by atoms with Crippen molar-refractivity contribution < 1.29 is 13.9 Å². The minimum absolute atomic E-state index is 0.0326. The third kappa shape index (κ3) is 3.06. The van der Waals surface area contributed by atoms with E-state index in [9.17, 15) is 4.79 Å². The van der Waals surface area contributed by atoms with E-state index in [1.807, 2.05) is 31.2 Å². The third-order valence-electron chi connectivity index (χ3n) is 3.77. The van der Waals surface area contributed by atoms with Crippen molar-refractivity contribution in [2.24, 2.45) is 10.1 Å². The van der Waals surface area contributed by atoms with Gasteiger partial charge in [-0.15, -0.1) is 0 Å². The molecule has 8 heteroatoms. The normalized spacial score (nSPS) is 18.0. The summed E-state index contributed by atoms with van der Waals surface area (Å²) in [5.74, 6) is 0.735. The van der Waals surface area contributed by atoms with E-state index >= 15 is 0 Å². The Bertz CT molecular complexity index is 976. The second kappa shape index (κ2) is 6.64. The average Bonchev–Trinajstić information content (AvgIpc) is 3.27. The molecule has 0 spiro atoms. The van der Waals surface area contributed by atoms with E-state index < -0.39 is 5.91 Å². The molecule has 0 atom stereocenters. The number of carbonyl (C=O) groups excluding carboxylic acids is 1. The van der Waals surface area contributed by atoms with Crippen LogP contribution in [-0.2, 0) is 4.79 Å². The topological polar surface area (TPSA) is 91.2 Å². The maximum Gasteiger partial charge on any atom is 0.283 e. The van der Waals surface area contributed by atoms with E-state index in [0.29, 0.717) is 16.0 Å². The van der Waals surface area contributed by atoms with Crippen molar-refractivity contribution in [3.8, 4) is 5.75 Å². The molecule has 0 unspecified atom stereocenters. The van der Waals surface area contributed by atoms with E-state index in [1.54, 1.807) is 12.1 Å². The van der Waals surface area contributed by atoms with Crippen LogP contribution in [0.15, 0.2) is 62.7 Å². The Morgan fingerprint density at radius 1 is 1.31 bits per heavy atom. The number of hydrogen-bond donors (Lipinski definition) is 1. The molecule has 1 N–H and O–H groups in total. The first kappa shape index (κ1) is 16.3. The minimum Gasteiger partial charge on any atom is -0.486 e. The molecule has 0 bridgehead atoms. The number of benzene rings is 1. The highest BCUT2D eigenvalue weighted by molar-refractivity contribution is 8.27. The van der Waals surface area contributed by atoms with Crippen LogP contribution < -0.4 is 4.74 Å². The first-order valence-electron chi connectivity index (χ1n) is 7.83. The van der Waals surface area contributed by atoms with E-state index in [-0.39, 0.29) is 18.0 Å². The van der Waals surface area contributed by atoms with Gasteiger partial charge in [0, 0.05) is 0 Å². The highest BCUT2D eigenvalue weighted by Gasteiger charge is 2.35. The first-order valence-corrected chi connectivity index (χ1v) is 8.64. The summed E-state index contributed by atoms with van der Waals surface area (Å²) in [4.78, 5) is 16.3. The monoisotopic (exact) mass is 366 g/mol.